The molecule has 16 heavy (non-hydrogen) atoms. The fourth-order valence-corrected chi connectivity index (χ4v) is 1.96. The first-order chi connectivity index (χ1) is 7.70. The van der Waals surface area contributed by atoms with E-state index in [1.54, 1.807) is 6.07 Å². The zero-order valence-electron chi connectivity index (χ0n) is 8.80. The summed E-state index contributed by atoms with van der Waals surface area (Å²) in [4.78, 5) is 0. The molecule has 0 unspecified atom stereocenters. The first-order valence-electron chi connectivity index (χ1n) is 4.94. The van der Waals surface area contributed by atoms with Gasteiger partial charge in [0, 0.05) is 28.3 Å². The molecule has 3 heteroatoms. The number of benzene rings is 2. The molecular weight excluding hydrogens is 241 g/mol. The Kier molecular flexibility index (Phi) is 3.37. The number of hydrogen-bond acceptors (Lipinski definition) is 1. The van der Waals surface area contributed by atoms with E-state index in [0.29, 0.717) is 10.0 Å². The van der Waals surface area contributed by atoms with Crippen molar-refractivity contribution in [1.82, 2.24) is 0 Å². The molecule has 0 radical (unpaired) electrons. The monoisotopic (exact) mass is 251 g/mol. The van der Waals surface area contributed by atoms with Crippen LogP contribution in [0.4, 0.5) is 5.69 Å². The summed E-state index contributed by atoms with van der Waals surface area (Å²) in [7, 11) is 1.89. The lowest BCUT2D eigenvalue weighted by molar-refractivity contribution is 1.51. The van der Waals surface area contributed by atoms with Crippen LogP contribution in [-0.2, 0) is 0 Å². The maximum absolute atomic E-state index is 6.15. The minimum Gasteiger partial charge on any atom is -0.388 e. The van der Waals surface area contributed by atoms with Gasteiger partial charge in [-0.25, -0.2) is 0 Å². The number of anilines is 1. The van der Waals surface area contributed by atoms with Gasteiger partial charge in [0.05, 0.1) is 0 Å². The molecule has 0 aromatic heterocycles. The SMILES string of the molecule is CNc1cccc(-c2cc(Cl)ccc2Cl)c1. The Morgan fingerprint density at radius 2 is 1.81 bits per heavy atom. The number of rotatable bonds is 2. The molecule has 0 fully saturated rings. The normalized spacial score (nSPS) is 10.2. The van der Waals surface area contributed by atoms with Crippen molar-refractivity contribution < 1.29 is 0 Å². The Hall–Kier alpha value is -1.18. The fraction of sp³-hybridized carbons (Fsp3) is 0.0769. The average Bonchev–Trinajstić information content (AvgIpc) is 2.32. The van der Waals surface area contributed by atoms with Gasteiger partial charge in [0.15, 0.2) is 0 Å². The highest BCUT2D eigenvalue weighted by atomic mass is 35.5. The quantitative estimate of drug-likeness (QED) is 0.816. The maximum atomic E-state index is 6.15. The average molecular weight is 252 g/mol. The minimum atomic E-state index is 0.689. The second-order valence-electron chi connectivity index (χ2n) is 3.45. The highest BCUT2D eigenvalue weighted by molar-refractivity contribution is 6.35. The van der Waals surface area contributed by atoms with Gasteiger partial charge in [0.2, 0.25) is 0 Å². The standard InChI is InChI=1S/C13H11Cl2N/c1-16-11-4-2-3-9(7-11)12-8-10(14)5-6-13(12)15/h2-8,16H,1H3. The van der Waals surface area contributed by atoms with Gasteiger partial charge in [0.1, 0.15) is 0 Å². The molecule has 2 aromatic rings. The molecule has 2 aromatic carbocycles. The van der Waals surface area contributed by atoms with Gasteiger partial charge in [-0.3, -0.25) is 0 Å². The van der Waals surface area contributed by atoms with Crippen molar-refractivity contribution >= 4 is 28.9 Å². The van der Waals surface area contributed by atoms with Gasteiger partial charge in [-0.05, 0) is 35.9 Å². The summed E-state index contributed by atoms with van der Waals surface area (Å²) in [6.07, 6.45) is 0. The molecule has 0 saturated heterocycles. The Labute approximate surface area is 105 Å². The van der Waals surface area contributed by atoms with Crippen molar-refractivity contribution in [3.05, 3.63) is 52.5 Å². The maximum Gasteiger partial charge on any atom is 0.0485 e. The molecule has 0 aliphatic carbocycles. The molecule has 2 rings (SSSR count). The number of halogens is 2. The van der Waals surface area contributed by atoms with Crippen molar-refractivity contribution in [1.29, 1.82) is 0 Å². The molecule has 0 heterocycles. The Morgan fingerprint density at radius 1 is 1.00 bits per heavy atom. The predicted octanol–water partition coefficient (Wildman–Crippen LogP) is 4.70. The van der Waals surface area contributed by atoms with Gasteiger partial charge < -0.3 is 5.32 Å². The van der Waals surface area contributed by atoms with E-state index in [4.69, 9.17) is 23.2 Å². The van der Waals surface area contributed by atoms with Crippen LogP contribution < -0.4 is 5.32 Å². The van der Waals surface area contributed by atoms with Crippen LogP contribution in [0.2, 0.25) is 10.0 Å². The van der Waals surface area contributed by atoms with E-state index in [2.05, 4.69) is 5.32 Å². The van der Waals surface area contributed by atoms with Gasteiger partial charge >= 0.3 is 0 Å². The van der Waals surface area contributed by atoms with Crippen molar-refractivity contribution in [2.24, 2.45) is 0 Å². The Bertz CT molecular complexity index is 509. The van der Waals surface area contributed by atoms with Gasteiger partial charge in [-0.1, -0.05) is 35.3 Å². The fourth-order valence-electron chi connectivity index (χ4n) is 1.56. The van der Waals surface area contributed by atoms with Crippen LogP contribution in [0.25, 0.3) is 11.1 Å². The van der Waals surface area contributed by atoms with Crippen molar-refractivity contribution in [3.63, 3.8) is 0 Å². The molecule has 0 aliphatic heterocycles. The van der Waals surface area contributed by atoms with Crippen molar-refractivity contribution in [3.8, 4) is 11.1 Å². The molecule has 0 bridgehead atoms. The lowest BCUT2D eigenvalue weighted by atomic mass is 10.1. The smallest absolute Gasteiger partial charge is 0.0485 e. The summed E-state index contributed by atoms with van der Waals surface area (Å²) in [5.41, 5.74) is 3.05. The number of hydrogen-bond donors (Lipinski definition) is 1. The van der Waals surface area contributed by atoms with E-state index in [-0.39, 0.29) is 0 Å². The van der Waals surface area contributed by atoms with Crippen LogP contribution in [0.1, 0.15) is 0 Å². The molecule has 1 N–H and O–H groups in total. The van der Waals surface area contributed by atoms with Crippen LogP contribution in [0.5, 0.6) is 0 Å². The van der Waals surface area contributed by atoms with E-state index in [0.717, 1.165) is 16.8 Å². The molecule has 1 nitrogen and oxygen atoms in total. The zero-order chi connectivity index (χ0) is 11.5. The van der Waals surface area contributed by atoms with E-state index in [9.17, 15) is 0 Å². The molecule has 0 aliphatic rings. The zero-order valence-corrected chi connectivity index (χ0v) is 10.3. The topological polar surface area (TPSA) is 12.0 Å². The summed E-state index contributed by atoms with van der Waals surface area (Å²) in [6.45, 7) is 0. The highest BCUT2D eigenvalue weighted by Gasteiger charge is 2.04. The summed E-state index contributed by atoms with van der Waals surface area (Å²) >= 11 is 12.1. The molecule has 82 valence electrons. The van der Waals surface area contributed by atoms with Crippen LogP contribution in [0.3, 0.4) is 0 Å². The van der Waals surface area contributed by atoms with Crippen LogP contribution in [-0.4, -0.2) is 7.05 Å². The van der Waals surface area contributed by atoms with Gasteiger partial charge in [-0.15, -0.1) is 0 Å². The predicted molar refractivity (Wildman–Crippen MR) is 71.4 cm³/mol. The summed E-state index contributed by atoms with van der Waals surface area (Å²) in [5.74, 6) is 0. The first kappa shape index (κ1) is 11.3. The minimum absolute atomic E-state index is 0.689. The summed E-state index contributed by atoms with van der Waals surface area (Å²) in [6, 6.07) is 13.5. The summed E-state index contributed by atoms with van der Waals surface area (Å²) in [5, 5.41) is 4.49. The third-order valence-corrected chi connectivity index (χ3v) is 2.96. The van der Waals surface area contributed by atoms with E-state index in [1.807, 2.05) is 43.4 Å². The number of nitrogens with one attached hydrogen (secondary N) is 1. The molecule has 0 atom stereocenters. The van der Waals surface area contributed by atoms with E-state index >= 15 is 0 Å². The van der Waals surface area contributed by atoms with Crippen molar-refractivity contribution in [2.75, 3.05) is 12.4 Å². The van der Waals surface area contributed by atoms with Crippen LogP contribution >= 0.6 is 23.2 Å². The Balaban J connectivity index is 2.53. The Morgan fingerprint density at radius 3 is 2.56 bits per heavy atom. The van der Waals surface area contributed by atoms with Crippen LogP contribution in [0, 0.1) is 0 Å². The molecule has 0 amide bonds. The first-order valence-corrected chi connectivity index (χ1v) is 5.69. The van der Waals surface area contributed by atoms with Gasteiger partial charge in [-0.2, -0.15) is 0 Å². The molecule has 0 saturated carbocycles. The second-order valence-corrected chi connectivity index (χ2v) is 4.30. The molecule has 0 spiro atoms. The van der Waals surface area contributed by atoms with Crippen molar-refractivity contribution in [2.45, 2.75) is 0 Å². The summed E-state index contributed by atoms with van der Waals surface area (Å²) < 4.78 is 0. The highest BCUT2D eigenvalue weighted by Crippen LogP contribution is 2.31. The lowest BCUT2D eigenvalue weighted by Crippen LogP contribution is -1.88. The molecular formula is C13H11Cl2N. The van der Waals surface area contributed by atoms with E-state index < -0.39 is 0 Å². The second kappa shape index (κ2) is 4.77. The largest absolute Gasteiger partial charge is 0.388 e. The third-order valence-electron chi connectivity index (χ3n) is 2.39. The lowest BCUT2D eigenvalue weighted by Gasteiger charge is -2.07. The van der Waals surface area contributed by atoms with Gasteiger partial charge in [0.25, 0.3) is 0 Å². The van der Waals surface area contributed by atoms with Crippen LogP contribution in [0.15, 0.2) is 42.5 Å². The third kappa shape index (κ3) is 2.31. The van der Waals surface area contributed by atoms with E-state index in [1.165, 1.54) is 0 Å².